The Labute approximate surface area is 159 Å². The summed E-state index contributed by atoms with van der Waals surface area (Å²) in [4.78, 5) is 12.0. The van der Waals surface area contributed by atoms with Crippen LogP contribution in [0.4, 0.5) is 0 Å². The van der Waals surface area contributed by atoms with Gasteiger partial charge in [0.05, 0.1) is 6.21 Å². The number of hydrogen-bond acceptors (Lipinski definition) is 3. The predicted molar refractivity (Wildman–Crippen MR) is 105 cm³/mol. The first-order valence-electron chi connectivity index (χ1n) is 9.01. The first-order valence-corrected chi connectivity index (χ1v) is 9.39. The summed E-state index contributed by atoms with van der Waals surface area (Å²) in [7, 11) is 0. The van der Waals surface area contributed by atoms with Crippen LogP contribution in [0.25, 0.3) is 0 Å². The van der Waals surface area contributed by atoms with Crippen molar-refractivity contribution in [2.75, 3.05) is 0 Å². The molecular weight excluding hydrogens is 348 g/mol. The topological polar surface area (TPSA) is 50.7 Å². The molecule has 136 valence electrons. The number of ether oxygens (including phenoxy) is 1. The van der Waals surface area contributed by atoms with Crippen LogP contribution in [-0.4, -0.2) is 12.1 Å². The fraction of sp³-hybridized carbons (Fsp3) is 0.333. The van der Waals surface area contributed by atoms with E-state index in [9.17, 15) is 4.79 Å². The Balaban J connectivity index is 1.46. The zero-order valence-corrected chi connectivity index (χ0v) is 15.4. The van der Waals surface area contributed by atoms with Crippen LogP contribution in [0.1, 0.15) is 43.2 Å². The largest absolute Gasteiger partial charge is 0.489 e. The number of nitrogens with zero attached hydrogens (tertiary/aromatic N) is 1. The molecule has 5 heteroatoms. The van der Waals surface area contributed by atoms with Crippen molar-refractivity contribution in [1.82, 2.24) is 5.43 Å². The zero-order valence-electron chi connectivity index (χ0n) is 14.7. The standard InChI is InChI=1S/C21H23ClN2O2/c22-19-10-6-17(7-11-19)15-26-20-12-8-16(9-13-20)14-23-24-21(25)18-4-2-1-3-5-18/h6-14,18H,1-5,15H2,(H,24,25). The molecule has 0 aromatic heterocycles. The van der Waals surface area contributed by atoms with Gasteiger partial charge in [-0.25, -0.2) is 5.43 Å². The SMILES string of the molecule is O=C(NN=Cc1ccc(OCc2ccc(Cl)cc2)cc1)C1CCCCC1. The summed E-state index contributed by atoms with van der Waals surface area (Å²) in [6, 6.07) is 15.2. The molecule has 0 aliphatic heterocycles. The van der Waals surface area contributed by atoms with E-state index in [4.69, 9.17) is 16.3 Å². The van der Waals surface area contributed by atoms with E-state index in [2.05, 4.69) is 10.5 Å². The number of carbonyl (C=O) groups is 1. The van der Waals surface area contributed by atoms with E-state index < -0.39 is 0 Å². The number of hydrazone groups is 1. The van der Waals surface area contributed by atoms with Crippen molar-refractivity contribution in [1.29, 1.82) is 0 Å². The highest BCUT2D eigenvalue weighted by Crippen LogP contribution is 2.23. The molecule has 26 heavy (non-hydrogen) atoms. The van der Waals surface area contributed by atoms with Crippen LogP contribution in [0.5, 0.6) is 5.75 Å². The van der Waals surface area contributed by atoms with Gasteiger partial charge in [0.25, 0.3) is 0 Å². The molecule has 1 fully saturated rings. The van der Waals surface area contributed by atoms with Gasteiger partial charge in [-0.1, -0.05) is 43.0 Å². The van der Waals surface area contributed by atoms with Crippen molar-refractivity contribution >= 4 is 23.7 Å². The Morgan fingerprint density at radius 2 is 1.77 bits per heavy atom. The number of halogens is 1. The summed E-state index contributed by atoms with van der Waals surface area (Å²) < 4.78 is 5.75. The van der Waals surface area contributed by atoms with E-state index in [0.29, 0.717) is 11.6 Å². The average molecular weight is 371 g/mol. The van der Waals surface area contributed by atoms with Crippen LogP contribution in [-0.2, 0) is 11.4 Å². The van der Waals surface area contributed by atoms with Gasteiger partial charge in [0.2, 0.25) is 5.91 Å². The number of rotatable bonds is 6. The van der Waals surface area contributed by atoms with Gasteiger partial charge in [-0.2, -0.15) is 5.10 Å². The highest BCUT2D eigenvalue weighted by Gasteiger charge is 2.20. The van der Waals surface area contributed by atoms with Gasteiger partial charge in [0.15, 0.2) is 0 Å². The van der Waals surface area contributed by atoms with Crippen molar-refractivity contribution in [3.63, 3.8) is 0 Å². The lowest BCUT2D eigenvalue weighted by Gasteiger charge is -2.19. The third-order valence-electron chi connectivity index (χ3n) is 4.56. The zero-order chi connectivity index (χ0) is 18.2. The van der Waals surface area contributed by atoms with Crippen LogP contribution < -0.4 is 10.2 Å². The molecule has 0 atom stereocenters. The van der Waals surface area contributed by atoms with Gasteiger partial charge in [0, 0.05) is 10.9 Å². The number of hydrogen-bond donors (Lipinski definition) is 1. The lowest BCUT2D eigenvalue weighted by atomic mass is 9.89. The second kappa shape index (κ2) is 9.39. The van der Waals surface area contributed by atoms with Crippen molar-refractivity contribution < 1.29 is 9.53 Å². The van der Waals surface area contributed by atoms with E-state index in [1.54, 1.807) is 6.21 Å². The van der Waals surface area contributed by atoms with Crippen molar-refractivity contribution in [3.05, 3.63) is 64.7 Å². The lowest BCUT2D eigenvalue weighted by molar-refractivity contribution is -0.125. The number of amides is 1. The van der Waals surface area contributed by atoms with Gasteiger partial charge in [0.1, 0.15) is 12.4 Å². The summed E-state index contributed by atoms with van der Waals surface area (Å²) in [6.45, 7) is 0.488. The third-order valence-corrected chi connectivity index (χ3v) is 4.82. The minimum atomic E-state index is 0.0314. The molecule has 1 aliphatic carbocycles. The first-order chi connectivity index (χ1) is 12.7. The van der Waals surface area contributed by atoms with Crippen molar-refractivity contribution in [3.8, 4) is 5.75 Å². The molecule has 1 N–H and O–H groups in total. The van der Waals surface area contributed by atoms with Crippen molar-refractivity contribution in [2.24, 2.45) is 11.0 Å². The molecule has 2 aromatic rings. The predicted octanol–water partition coefficient (Wildman–Crippen LogP) is 4.95. The Hall–Kier alpha value is -2.33. The molecule has 1 saturated carbocycles. The van der Waals surface area contributed by atoms with Crippen LogP contribution in [0, 0.1) is 5.92 Å². The number of carbonyl (C=O) groups excluding carboxylic acids is 1. The smallest absolute Gasteiger partial charge is 0.243 e. The summed E-state index contributed by atoms with van der Waals surface area (Å²) in [6.07, 6.45) is 7.11. The molecule has 0 radical (unpaired) electrons. The highest BCUT2D eigenvalue weighted by atomic mass is 35.5. The second-order valence-electron chi connectivity index (χ2n) is 6.55. The molecular formula is C21H23ClN2O2. The van der Waals surface area contributed by atoms with Crippen LogP contribution >= 0.6 is 11.6 Å². The molecule has 1 aliphatic rings. The number of benzene rings is 2. The van der Waals surface area contributed by atoms with E-state index in [-0.39, 0.29) is 11.8 Å². The molecule has 3 rings (SSSR count). The monoisotopic (exact) mass is 370 g/mol. The molecule has 0 unspecified atom stereocenters. The maximum absolute atomic E-state index is 12.0. The van der Waals surface area contributed by atoms with Crippen molar-refractivity contribution in [2.45, 2.75) is 38.7 Å². The van der Waals surface area contributed by atoms with Gasteiger partial charge in [-0.15, -0.1) is 0 Å². The summed E-state index contributed by atoms with van der Waals surface area (Å²) in [5.41, 5.74) is 4.63. The summed E-state index contributed by atoms with van der Waals surface area (Å²) >= 11 is 5.87. The molecule has 1 amide bonds. The fourth-order valence-electron chi connectivity index (χ4n) is 3.02. The van der Waals surface area contributed by atoms with Gasteiger partial charge in [-0.3, -0.25) is 4.79 Å². The van der Waals surface area contributed by atoms with E-state index >= 15 is 0 Å². The maximum atomic E-state index is 12.0. The van der Waals surface area contributed by atoms with Gasteiger partial charge >= 0.3 is 0 Å². The second-order valence-corrected chi connectivity index (χ2v) is 6.99. The third kappa shape index (κ3) is 5.60. The summed E-state index contributed by atoms with van der Waals surface area (Å²) in [5, 5.41) is 4.79. The van der Waals surface area contributed by atoms with E-state index in [1.165, 1.54) is 6.42 Å². The molecule has 0 heterocycles. The molecule has 0 saturated heterocycles. The van der Waals surface area contributed by atoms with Gasteiger partial charge in [-0.05, 0) is 60.4 Å². The fourth-order valence-corrected chi connectivity index (χ4v) is 3.15. The van der Waals surface area contributed by atoms with E-state index in [1.807, 2.05) is 48.5 Å². The van der Waals surface area contributed by atoms with Crippen LogP contribution in [0.3, 0.4) is 0 Å². The van der Waals surface area contributed by atoms with Crippen LogP contribution in [0.2, 0.25) is 5.02 Å². The summed E-state index contributed by atoms with van der Waals surface area (Å²) in [5.74, 6) is 0.928. The van der Waals surface area contributed by atoms with E-state index in [0.717, 1.165) is 42.6 Å². The average Bonchev–Trinajstić information content (AvgIpc) is 2.69. The first kappa shape index (κ1) is 18.5. The minimum Gasteiger partial charge on any atom is -0.489 e. The van der Waals surface area contributed by atoms with Crippen LogP contribution in [0.15, 0.2) is 53.6 Å². The minimum absolute atomic E-state index is 0.0314. The highest BCUT2D eigenvalue weighted by molar-refractivity contribution is 6.30. The molecule has 4 nitrogen and oxygen atoms in total. The number of nitrogens with one attached hydrogen (secondary N) is 1. The van der Waals surface area contributed by atoms with Gasteiger partial charge < -0.3 is 4.74 Å². The Morgan fingerprint density at radius 3 is 2.46 bits per heavy atom. The Kier molecular flexibility index (Phi) is 6.67. The Morgan fingerprint density at radius 1 is 1.08 bits per heavy atom. The Bertz CT molecular complexity index is 736. The maximum Gasteiger partial charge on any atom is 0.243 e. The lowest BCUT2D eigenvalue weighted by Crippen LogP contribution is -2.28. The molecule has 2 aromatic carbocycles. The molecule has 0 bridgehead atoms. The normalized spacial score (nSPS) is 15.1. The molecule has 0 spiro atoms. The quantitative estimate of drug-likeness (QED) is 0.577.